The van der Waals surface area contributed by atoms with E-state index in [1.807, 2.05) is 0 Å². The quantitative estimate of drug-likeness (QED) is 0.841. The number of methoxy groups -OCH3 is 1. The molecule has 2 heteroatoms. The summed E-state index contributed by atoms with van der Waals surface area (Å²) in [6.45, 7) is 4.25. The van der Waals surface area contributed by atoms with Crippen LogP contribution in [0.2, 0.25) is 0 Å². The summed E-state index contributed by atoms with van der Waals surface area (Å²) >= 11 is 0. The first kappa shape index (κ1) is 14.5. The highest BCUT2D eigenvalue weighted by Gasteiger charge is 2.20. The van der Waals surface area contributed by atoms with Crippen LogP contribution < -0.4 is 5.32 Å². The molecule has 0 spiro atoms. The van der Waals surface area contributed by atoms with Crippen LogP contribution in [0.4, 0.5) is 0 Å². The summed E-state index contributed by atoms with van der Waals surface area (Å²) in [6, 6.07) is 10.9. The number of benzene rings is 1. The van der Waals surface area contributed by atoms with Crippen molar-refractivity contribution in [3.8, 4) is 0 Å². The second kappa shape index (κ2) is 7.66. The summed E-state index contributed by atoms with van der Waals surface area (Å²) in [5.74, 6) is 1.74. The Bertz CT molecular complexity index is 352. The summed E-state index contributed by atoms with van der Waals surface area (Å²) < 4.78 is 5.36. The monoisotopic (exact) mass is 261 g/mol. The molecule has 0 aromatic heterocycles. The number of rotatable bonds is 6. The molecule has 3 atom stereocenters. The van der Waals surface area contributed by atoms with E-state index < -0.39 is 0 Å². The highest BCUT2D eigenvalue weighted by atomic mass is 16.5. The summed E-state index contributed by atoms with van der Waals surface area (Å²) in [4.78, 5) is 0. The lowest BCUT2D eigenvalue weighted by Crippen LogP contribution is -2.32. The molecule has 0 radical (unpaired) electrons. The number of hydrogen-bond donors (Lipinski definition) is 1. The van der Waals surface area contributed by atoms with Gasteiger partial charge >= 0.3 is 0 Å². The van der Waals surface area contributed by atoms with Crippen LogP contribution in [-0.4, -0.2) is 20.3 Å². The van der Waals surface area contributed by atoms with Crippen LogP contribution in [0, 0.1) is 11.8 Å². The average molecular weight is 261 g/mol. The SMILES string of the molecule is COCC(NCC1CCCC(C)C1)c1ccccc1. The van der Waals surface area contributed by atoms with Crippen LogP contribution in [0.15, 0.2) is 30.3 Å². The van der Waals surface area contributed by atoms with Gasteiger partial charge in [-0.05, 0) is 36.8 Å². The molecule has 0 saturated heterocycles. The van der Waals surface area contributed by atoms with E-state index in [0.717, 1.165) is 25.0 Å². The molecule has 1 N–H and O–H groups in total. The number of ether oxygens (including phenoxy) is 1. The standard InChI is InChI=1S/C17H27NO/c1-14-7-6-8-15(11-14)12-18-17(13-19-2)16-9-4-3-5-10-16/h3-5,9-10,14-15,17-18H,6-8,11-13H2,1-2H3. The van der Waals surface area contributed by atoms with Gasteiger partial charge in [-0.3, -0.25) is 0 Å². The van der Waals surface area contributed by atoms with Crippen molar-refractivity contribution < 1.29 is 4.74 Å². The van der Waals surface area contributed by atoms with Gasteiger partial charge in [-0.1, -0.05) is 50.1 Å². The van der Waals surface area contributed by atoms with Crippen molar-refractivity contribution in [1.82, 2.24) is 5.32 Å². The first-order valence-electron chi connectivity index (χ1n) is 7.57. The summed E-state index contributed by atoms with van der Waals surface area (Å²) in [5.41, 5.74) is 1.33. The molecule has 0 bridgehead atoms. The maximum Gasteiger partial charge on any atom is 0.0657 e. The fraction of sp³-hybridized carbons (Fsp3) is 0.647. The van der Waals surface area contributed by atoms with Gasteiger partial charge in [0.1, 0.15) is 0 Å². The van der Waals surface area contributed by atoms with E-state index in [4.69, 9.17) is 4.74 Å². The van der Waals surface area contributed by atoms with Crippen LogP contribution in [0.1, 0.15) is 44.2 Å². The topological polar surface area (TPSA) is 21.3 Å². The van der Waals surface area contributed by atoms with Crippen molar-refractivity contribution in [2.24, 2.45) is 11.8 Å². The fourth-order valence-electron chi connectivity index (χ4n) is 3.18. The first-order chi connectivity index (χ1) is 9.29. The molecular formula is C17H27NO. The first-order valence-corrected chi connectivity index (χ1v) is 7.57. The molecule has 0 amide bonds. The average Bonchev–Trinajstić information content (AvgIpc) is 2.44. The second-order valence-electron chi connectivity index (χ2n) is 5.96. The summed E-state index contributed by atoms with van der Waals surface area (Å²) in [6.07, 6.45) is 5.57. The predicted octanol–water partition coefficient (Wildman–Crippen LogP) is 3.79. The van der Waals surface area contributed by atoms with Crippen LogP contribution in [0.5, 0.6) is 0 Å². The Morgan fingerprint density at radius 1 is 1.26 bits per heavy atom. The van der Waals surface area contributed by atoms with E-state index in [-0.39, 0.29) is 0 Å². The minimum absolute atomic E-state index is 0.323. The molecule has 106 valence electrons. The third kappa shape index (κ3) is 4.63. The van der Waals surface area contributed by atoms with E-state index in [1.165, 1.54) is 31.2 Å². The van der Waals surface area contributed by atoms with E-state index in [1.54, 1.807) is 7.11 Å². The van der Waals surface area contributed by atoms with Gasteiger partial charge in [0.15, 0.2) is 0 Å². The Morgan fingerprint density at radius 3 is 2.74 bits per heavy atom. The minimum atomic E-state index is 0.323. The number of nitrogens with one attached hydrogen (secondary N) is 1. The highest BCUT2D eigenvalue weighted by Crippen LogP contribution is 2.28. The normalized spacial score (nSPS) is 25.2. The molecule has 0 heterocycles. The van der Waals surface area contributed by atoms with Gasteiger partial charge in [-0.25, -0.2) is 0 Å². The van der Waals surface area contributed by atoms with E-state index in [0.29, 0.717) is 6.04 Å². The zero-order valence-electron chi connectivity index (χ0n) is 12.3. The van der Waals surface area contributed by atoms with Crippen LogP contribution in [-0.2, 0) is 4.74 Å². The molecule has 1 saturated carbocycles. The van der Waals surface area contributed by atoms with E-state index in [9.17, 15) is 0 Å². The van der Waals surface area contributed by atoms with Gasteiger partial charge < -0.3 is 10.1 Å². The summed E-state index contributed by atoms with van der Waals surface area (Å²) in [7, 11) is 1.78. The van der Waals surface area contributed by atoms with Gasteiger partial charge in [-0.2, -0.15) is 0 Å². The molecular weight excluding hydrogens is 234 g/mol. The molecule has 19 heavy (non-hydrogen) atoms. The Kier molecular flexibility index (Phi) is 5.87. The molecule has 3 unspecified atom stereocenters. The molecule has 1 aromatic carbocycles. The Morgan fingerprint density at radius 2 is 2.05 bits per heavy atom. The zero-order chi connectivity index (χ0) is 13.5. The van der Waals surface area contributed by atoms with Crippen molar-refractivity contribution in [2.45, 2.75) is 38.6 Å². The molecule has 1 fully saturated rings. The lowest BCUT2D eigenvalue weighted by atomic mass is 9.82. The van der Waals surface area contributed by atoms with Gasteiger partial charge in [0.25, 0.3) is 0 Å². The van der Waals surface area contributed by atoms with Gasteiger partial charge in [0.05, 0.1) is 12.6 Å². The van der Waals surface area contributed by atoms with E-state index >= 15 is 0 Å². The maximum atomic E-state index is 5.36. The highest BCUT2D eigenvalue weighted by molar-refractivity contribution is 5.18. The van der Waals surface area contributed by atoms with Crippen molar-refractivity contribution in [3.05, 3.63) is 35.9 Å². The fourth-order valence-corrected chi connectivity index (χ4v) is 3.18. The van der Waals surface area contributed by atoms with Crippen LogP contribution in [0.3, 0.4) is 0 Å². The van der Waals surface area contributed by atoms with Crippen molar-refractivity contribution in [2.75, 3.05) is 20.3 Å². The largest absolute Gasteiger partial charge is 0.383 e. The van der Waals surface area contributed by atoms with Crippen LogP contribution in [0.25, 0.3) is 0 Å². The van der Waals surface area contributed by atoms with Gasteiger partial charge in [0.2, 0.25) is 0 Å². The Hall–Kier alpha value is -0.860. The zero-order valence-corrected chi connectivity index (χ0v) is 12.3. The Labute approximate surface area is 117 Å². The predicted molar refractivity (Wildman–Crippen MR) is 80.2 cm³/mol. The molecule has 0 aliphatic heterocycles. The lowest BCUT2D eigenvalue weighted by Gasteiger charge is -2.29. The maximum absolute atomic E-state index is 5.36. The third-order valence-electron chi connectivity index (χ3n) is 4.23. The van der Waals surface area contributed by atoms with Gasteiger partial charge in [-0.15, -0.1) is 0 Å². The molecule has 1 aliphatic carbocycles. The lowest BCUT2D eigenvalue weighted by molar-refractivity contribution is 0.160. The molecule has 1 aromatic rings. The molecule has 2 nitrogen and oxygen atoms in total. The smallest absolute Gasteiger partial charge is 0.0657 e. The number of hydrogen-bond acceptors (Lipinski definition) is 2. The second-order valence-corrected chi connectivity index (χ2v) is 5.96. The van der Waals surface area contributed by atoms with Crippen molar-refractivity contribution >= 4 is 0 Å². The van der Waals surface area contributed by atoms with E-state index in [2.05, 4.69) is 42.6 Å². The minimum Gasteiger partial charge on any atom is -0.383 e. The van der Waals surface area contributed by atoms with Crippen LogP contribution >= 0.6 is 0 Å². The van der Waals surface area contributed by atoms with Gasteiger partial charge in [0, 0.05) is 7.11 Å². The molecule has 1 aliphatic rings. The summed E-state index contributed by atoms with van der Waals surface area (Å²) in [5, 5.41) is 3.70. The Balaban J connectivity index is 1.86. The third-order valence-corrected chi connectivity index (χ3v) is 4.23. The van der Waals surface area contributed by atoms with Crippen molar-refractivity contribution in [3.63, 3.8) is 0 Å². The molecule has 2 rings (SSSR count). The van der Waals surface area contributed by atoms with Crippen molar-refractivity contribution in [1.29, 1.82) is 0 Å².